The molecule has 0 bridgehead atoms. The molecule has 0 saturated carbocycles. The van der Waals surface area contributed by atoms with E-state index in [9.17, 15) is 9.59 Å². The van der Waals surface area contributed by atoms with E-state index < -0.39 is 5.97 Å². The Hall–Kier alpha value is -2.10. The lowest BCUT2D eigenvalue weighted by Gasteiger charge is -2.17. The molecule has 26 heavy (non-hydrogen) atoms. The van der Waals surface area contributed by atoms with E-state index in [-0.39, 0.29) is 12.5 Å². The van der Waals surface area contributed by atoms with E-state index in [1.807, 2.05) is 27.7 Å². The van der Waals surface area contributed by atoms with Crippen molar-refractivity contribution in [2.24, 2.45) is 0 Å². The number of carbonyl (C=O) groups is 2. The molecule has 0 spiro atoms. The number of hydrogen-bond acceptors (Lipinski definition) is 3. The molecule has 0 radical (unpaired) electrons. The zero-order chi connectivity index (χ0) is 19.3. The summed E-state index contributed by atoms with van der Waals surface area (Å²) < 4.78 is 5.28. The van der Waals surface area contributed by atoms with E-state index in [4.69, 9.17) is 4.74 Å². The first-order valence-corrected chi connectivity index (χ1v) is 9.51. The van der Waals surface area contributed by atoms with Crippen LogP contribution in [0.15, 0.2) is 11.6 Å². The number of allylic oxidation sites excluding steroid dienone is 1. The molecule has 4 heteroatoms. The van der Waals surface area contributed by atoms with Crippen LogP contribution in [0.5, 0.6) is 0 Å². The highest BCUT2D eigenvalue weighted by molar-refractivity contribution is 5.95. The third kappa shape index (κ3) is 4.75. The zero-order valence-corrected chi connectivity index (χ0v) is 16.8. The van der Waals surface area contributed by atoms with E-state index in [1.54, 1.807) is 0 Å². The third-order valence-corrected chi connectivity index (χ3v) is 5.69. The number of benzene rings is 1. The number of carbonyl (C=O) groups excluding carboxylic acids is 2. The molecule has 1 aromatic carbocycles. The summed E-state index contributed by atoms with van der Waals surface area (Å²) in [6.07, 6.45) is 7.95. The summed E-state index contributed by atoms with van der Waals surface area (Å²) in [6.45, 7) is 10.3. The van der Waals surface area contributed by atoms with Gasteiger partial charge in [-0.1, -0.05) is 11.6 Å². The molecule has 1 amide bonds. The average Bonchev–Trinajstić information content (AvgIpc) is 2.64. The van der Waals surface area contributed by atoms with Gasteiger partial charge in [0.25, 0.3) is 5.91 Å². The Kier molecular flexibility index (Phi) is 7.01. The fraction of sp³-hybridized carbons (Fsp3) is 0.545. The van der Waals surface area contributed by atoms with Crippen molar-refractivity contribution in [1.82, 2.24) is 5.32 Å². The summed E-state index contributed by atoms with van der Waals surface area (Å²) in [5, 5.41) is 2.84. The van der Waals surface area contributed by atoms with E-state index in [1.165, 1.54) is 24.0 Å². The van der Waals surface area contributed by atoms with Crippen LogP contribution in [0.4, 0.5) is 0 Å². The van der Waals surface area contributed by atoms with E-state index in [2.05, 4.69) is 18.3 Å². The minimum Gasteiger partial charge on any atom is -0.452 e. The van der Waals surface area contributed by atoms with Crippen LogP contribution in [0.3, 0.4) is 0 Å². The Morgan fingerprint density at radius 2 is 1.58 bits per heavy atom. The van der Waals surface area contributed by atoms with Crippen molar-refractivity contribution in [1.29, 1.82) is 0 Å². The second kappa shape index (κ2) is 9.02. The van der Waals surface area contributed by atoms with Gasteiger partial charge >= 0.3 is 5.97 Å². The van der Waals surface area contributed by atoms with Crippen molar-refractivity contribution in [2.75, 3.05) is 13.2 Å². The average molecular weight is 357 g/mol. The maximum absolute atomic E-state index is 12.5. The number of hydrogen-bond donors (Lipinski definition) is 1. The van der Waals surface area contributed by atoms with Gasteiger partial charge in [0.15, 0.2) is 6.61 Å². The second-order valence-corrected chi connectivity index (χ2v) is 7.28. The van der Waals surface area contributed by atoms with Gasteiger partial charge in [0.05, 0.1) is 5.56 Å². The Balaban J connectivity index is 1.88. The first kappa shape index (κ1) is 20.2. The summed E-state index contributed by atoms with van der Waals surface area (Å²) in [5.41, 5.74) is 7.28. The number of nitrogens with one attached hydrogen (secondary N) is 1. The van der Waals surface area contributed by atoms with Crippen molar-refractivity contribution in [2.45, 2.75) is 66.7 Å². The predicted octanol–water partition coefficient (Wildman–Crippen LogP) is 4.39. The monoisotopic (exact) mass is 357 g/mol. The van der Waals surface area contributed by atoms with Crippen LogP contribution in [-0.2, 0) is 9.53 Å². The molecule has 0 saturated heterocycles. The van der Waals surface area contributed by atoms with Crippen LogP contribution in [-0.4, -0.2) is 25.0 Å². The quantitative estimate of drug-likeness (QED) is 0.607. The molecule has 0 aromatic heterocycles. The van der Waals surface area contributed by atoms with Crippen LogP contribution < -0.4 is 5.32 Å². The summed E-state index contributed by atoms with van der Waals surface area (Å²) in [7, 11) is 0. The fourth-order valence-electron chi connectivity index (χ4n) is 3.55. The smallest absolute Gasteiger partial charge is 0.339 e. The van der Waals surface area contributed by atoms with Crippen molar-refractivity contribution in [3.05, 3.63) is 45.0 Å². The second-order valence-electron chi connectivity index (χ2n) is 7.28. The molecule has 0 atom stereocenters. The van der Waals surface area contributed by atoms with E-state index in [0.29, 0.717) is 12.1 Å². The maximum Gasteiger partial charge on any atom is 0.339 e. The van der Waals surface area contributed by atoms with Crippen LogP contribution in [0.1, 0.15) is 70.3 Å². The lowest BCUT2D eigenvalue weighted by Crippen LogP contribution is -2.30. The SMILES string of the molecule is Cc1c(C)c(C)c(C(=O)OCC(=O)NCCC2=CCCCC2)c(C)c1C. The molecule has 0 fully saturated rings. The lowest BCUT2D eigenvalue weighted by atomic mass is 9.90. The molecule has 1 aromatic rings. The summed E-state index contributed by atoms with van der Waals surface area (Å²) >= 11 is 0. The molecule has 1 aliphatic carbocycles. The summed E-state index contributed by atoms with van der Waals surface area (Å²) in [6, 6.07) is 0. The van der Waals surface area contributed by atoms with Gasteiger partial charge in [-0.3, -0.25) is 4.79 Å². The highest BCUT2D eigenvalue weighted by atomic mass is 16.5. The van der Waals surface area contributed by atoms with Crippen molar-refractivity contribution in [3.8, 4) is 0 Å². The van der Waals surface area contributed by atoms with E-state index in [0.717, 1.165) is 41.5 Å². The number of ether oxygens (including phenoxy) is 1. The zero-order valence-electron chi connectivity index (χ0n) is 16.8. The Labute approximate surface area is 157 Å². The first-order chi connectivity index (χ1) is 12.3. The van der Waals surface area contributed by atoms with Gasteiger partial charge in [-0.25, -0.2) is 4.79 Å². The predicted molar refractivity (Wildman–Crippen MR) is 105 cm³/mol. The van der Waals surface area contributed by atoms with Crippen LogP contribution >= 0.6 is 0 Å². The van der Waals surface area contributed by atoms with Gasteiger partial charge in [0.1, 0.15) is 0 Å². The number of esters is 1. The molecular formula is C22H31NO3. The summed E-state index contributed by atoms with van der Waals surface area (Å²) in [5.74, 6) is -0.665. The van der Waals surface area contributed by atoms with Crippen LogP contribution in [0.2, 0.25) is 0 Å². The molecule has 142 valence electrons. The van der Waals surface area contributed by atoms with Gasteiger partial charge in [-0.05, 0) is 94.5 Å². The fourth-order valence-corrected chi connectivity index (χ4v) is 3.55. The molecule has 0 aliphatic heterocycles. The van der Waals surface area contributed by atoms with Gasteiger partial charge in [0, 0.05) is 6.54 Å². The highest BCUT2D eigenvalue weighted by Gasteiger charge is 2.20. The van der Waals surface area contributed by atoms with Crippen molar-refractivity contribution < 1.29 is 14.3 Å². The minimum absolute atomic E-state index is 0.233. The van der Waals surface area contributed by atoms with E-state index >= 15 is 0 Å². The Morgan fingerprint density at radius 3 is 2.15 bits per heavy atom. The minimum atomic E-state index is -0.420. The molecule has 0 unspecified atom stereocenters. The van der Waals surface area contributed by atoms with Gasteiger partial charge in [-0.15, -0.1) is 0 Å². The maximum atomic E-state index is 12.5. The molecular weight excluding hydrogens is 326 g/mol. The molecule has 2 rings (SSSR count). The number of amides is 1. The Morgan fingerprint density at radius 1 is 0.962 bits per heavy atom. The van der Waals surface area contributed by atoms with Crippen LogP contribution in [0.25, 0.3) is 0 Å². The van der Waals surface area contributed by atoms with Crippen molar-refractivity contribution >= 4 is 11.9 Å². The Bertz CT molecular complexity index is 702. The topological polar surface area (TPSA) is 55.4 Å². The largest absolute Gasteiger partial charge is 0.452 e. The lowest BCUT2D eigenvalue weighted by molar-refractivity contribution is -0.124. The van der Waals surface area contributed by atoms with Crippen LogP contribution in [0, 0.1) is 34.6 Å². The highest BCUT2D eigenvalue weighted by Crippen LogP contribution is 2.26. The van der Waals surface area contributed by atoms with Gasteiger partial charge in [0.2, 0.25) is 0 Å². The standard InChI is InChI=1S/C22H31NO3/c1-14-15(2)17(4)21(18(5)16(14)3)22(25)26-13-20(24)23-12-11-19-9-7-6-8-10-19/h9H,6-8,10-13H2,1-5H3,(H,23,24). The molecule has 1 aliphatic rings. The normalized spacial score (nSPS) is 14.0. The van der Waals surface area contributed by atoms with Crippen molar-refractivity contribution in [3.63, 3.8) is 0 Å². The first-order valence-electron chi connectivity index (χ1n) is 9.51. The van der Waals surface area contributed by atoms with Gasteiger partial charge in [-0.2, -0.15) is 0 Å². The summed E-state index contributed by atoms with van der Waals surface area (Å²) in [4.78, 5) is 24.5. The molecule has 4 nitrogen and oxygen atoms in total. The third-order valence-electron chi connectivity index (χ3n) is 5.69. The van der Waals surface area contributed by atoms with Gasteiger partial charge < -0.3 is 10.1 Å². The molecule has 0 heterocycles. The number of rotatable bonds is 6. The molecule has 1 N–H and O–H groups in total.